The van der Waals surface area contributed by atoms with Crippen molar-refractivity contribution in [2.24, 2.45) is 5.92 Å². The summed E-state index contributed by atoms with van der Waals surface area (Å²) in [6.45, 7) is 1.94. The van der Waals surface area contributed by atoms with Gasteiger partial charge in [-0.3, -0.25) is 9.69 Å². The first-order valence-corrected chi connectivity index (χ1v) is 14.5. The molecule has 1 aromatic heterocycles. The number of piperidine rings is 1. The number of hydrogen-bond donors (Lipinski definition) is 4. The molecule has 2 fully saturated rings. The molecular formula is C33H31N3O4. The summed E-state index contributed by atoms with van der Waals surface area (Å²) in [6.07, 6.45) is 4.12. The van der Waals surface area contributed by atoms with Gasteiger partial charge < -0.3 is 25.3 Å². The molecule has 1 spiro atoms. The summed E-state index contributed by atoms with van der Waals surface area (Å²) >= 11 is 0. The first-order chi connectivity index (χ1) is 19.5. The number of likely N-dealkylation sites (tertiary alicyclic amines) is 1. The highest BCUT2D eigenvalue weighted by atomic mass is 16.5. The molecular weight excluding hydrogens is 502 g/mol. The van der Waals surface area contributed by atoms with Crippen LogP contribution in [0.2, 0.25) is 0 Å². The highest BCUT2D eigenvalue weighted by molar-refractivity contribution is 6.09. The molecule has 1 saturated heterocycles. The number of carbonyl (C=O) groups excluding carboxylic acids is 1. The molecule has 4 aromatic rings. The number of aromatic hydroxyl groups is 1. The van der Waals surface area contributed by atoms with Crippen LogP contribution in [0.3, 0.4) is 0 Å². The number of para-hydroxylation sites is 1. The Labute approximate surface area is 231 Å². The first-order valence-electron chi connectivity index (χ1n) is 14.5. The highest BCUT2D eigenvalue weighted by Crippen LogP contribution is 2.69. The van der Waals surface area contributed by atoms with Gasteiger partial charge in [-0.15, -0.1) is 0 Å². The number of amides is 1. The predicted octanol–water partition coefficient (Wildman–Crippen LogP) is 4.82. The van der Waals surface area contributed by atoms with Crippen LogP contribution in [0.5, 0.6) is 11.5 Å². The van der Waals surface area contributed by atoms with E-state index in [2.05, 4.69) is 21.3 Å². The fourth-order valence-corrected chi connectivity index (χ4v) is 8.53. The third kappa shape index (κ3) is 2.79. The van der Waals surface area contributed by atoms with E-state index in [1.165, 1.54) is 18.4 Å². The quantitative estimate of drug-likeness (QED) is 0.302. The summed E-state index contributed by atoms with van der Waals surface area (Å²) in [7, 11) is 0. The Morgan fingerprint density at radius 1 is 1.10 bits per heavy atom. The maximum Gasteiger partial charge on any atom is 0.255 e. The number of aliphatic hydroxyl groups is 1. The van der Waals surface area contributed by atoms with Gasteiger partial charge >= 0.3 is 0 Å². The van der Waals surface area contributed by atoms with Crippen molar-refractivity contribution >= 4 is 22.5 Å². The van der Waals surface area contributed by atoms with Crippen molar-refractivity contribution in [2.75, 3.05) is 18.4 Å². The Balaban J connectivity index is 1.22. The van der Waals surface area contributed by atoms with Crippen LogP contribution < -0.4 is 10.1 Å². The molecule has 0 unspecified atom stereocenters. The summed E-state index contributed by atoms with van der Waals surface area (Å²) < 4.78 is 6.70. The topological polar surface area (TPSA) is 97.8 Å². The standard InChI is InChI=1S/C33H31N3O4/c37-24-12-11-20-15-25-33(39)16-22-21-7-4-8-23(34-31(38)19-5-2-1-3-6-19)27(21)35-28(22)30-32(33,26(20)29(24)40-30)13-14-36(25)17-18-9-10-18/h1-8,11-12,18,25,30,35,37,39H,9-10,13-17H2,(H,34,38)/t25-,30-,32-,33+/m0/s1. The number of H-pyrrole nitrogens is 1. The van der Waals surface area contributed by atoms with Gasteiger partial charge in [-0.05, 0) is 73.5 Å². The largest absolute Gasteiger partial charge is 0.504 e. The van der Waals surface area contributed by atoms with E-state index in [4.69, 9.17) is 4.74 Å². The third-order valence-corrected chi connectivity index (χ3v) is 10.5. The predicted molar refractivity (Wildman–Crippen MR) is 151 cm³/mol. The number of nitrogens with zero attached hydrogens (tertiary/aromatic N) is 1. The van der Waals surface area contributed by atoms with E-state index in [1.54, 1.807) is 18.2 Å². The zero-order valence-electron chi connectivity index (χ0n) is 22.1. The van der Waals surface area contributed by atoms with Gasteiger partial charge in [0, 0.05) is 35.5 Å². The van der Waals surface area contributed by atoms with Crippen LogP contribution in [0, 0.1) is 5.92 Å². The van der Waals surface area contributed by atoms with Gasteiger partial charge in [-0.25, -0.2) is 0 Å². The Morgan fingerprint density at radius 3 is 2.77 bits per heavy atom. The number of anilines is 1. The van der Waals surface area contributed by atoms with Gasteiger partial charge in [-0.2, -0.15) is 0 Å². The Bertz CT molecular complexity index is 1730. The lowest BCUT2D eigenvalue weighted by Crippen LogP contribution is -2.74. The van der Waals surface area contributed by atoms with Crippen molar-refractivity contribution in [1.29, 1.82) is 0 Å². The number of hydrogen-bond acceptors (Lipinski definition) is 5. The minimum Gasteiger partial charge on any atom is -0.504 e. The smallest absolute Gasteiger partial charge is 0.255 e. The molecule has 1 saturated carbocycles. The van der Waals surface area contributed by atoms with Gasteiger partial charge in [0.1, 0.15) is 0 Å². The van der Waals surface area contributed by atoms with Crippen LogP contribution in [0.15, 0.2) is 60.7 Å². The minimum absolute atomic E-state index is 0.0185. The number of aromatic nitrogens is 1. The van der Waals surface area contributed by atoms with Crippen LogP contribution in [-0.4, -0.2) is 50.7 Å². The lowest BCUT2D eigenvalue weighted by molar-refractivity contribution is -0.173. The second-order valence-electron chi connectivity index (χ2n) is 12.5. The number of nitrogens with one attached hydrogen (secondary N) is 2. The number of aromatic amines is 1. The number of carbonyl (C=O) groups is 1. The van der Waals surface area contributed by atoms with E-state index >= 15 is 0 Å². The van der Waals surface area contributed by atoms with E-state index in [1.807, 2.05) is 36.4 Å². The number of fused-ring (bicyclic) bond motifs is 4. The van der Waals surface area contributed by atoms with Gasteiger partial charge in [0.25, 0.3) is 5.91 Å². The number of rotatable bonds is 4. The lowest BCUT2D eigenvalue weighted by atomic mass is 9.49. The lowest BCUT2D eigenvalue weighted by Gasteiger charge is -2.62. The Morgan fingerprint density at radius 2 is 1.95 bits per heavy atom. The van der Waals surface area contributed by atoms with Crippen LogP contribution in [0.4, 0.5) is 5.69 Å². The van der Waals surface area contributed by atoms with Crippen molar-refractivity contribution in [1.82, 2.24) is 9.88 Å². The Kier molecular flexibility index (Phi) is 4.41. The molecule has 7 heteroatoms. The van der Waals surface area contributed by atoms with Gasteiger partial charge in [0.05, 0.1) is 27.9 Å². The second kappa shape index (κ2) is 7.68. The molecule has 4 N–H and O–H groups in total. The van der Waals surface area contributed by atoms with Gasteiger partial charge in [0.15, 0.2) is 17.6 Å². The molecule has 9 rings (SSSR count). The minimum atomic E-state index is -1.04. The third-order valence-electron chi connectivity index (χ3n) is 10.5. The van der Waals surface area contributed by atoms with Crippen LogP contribution in [-0.2, 0) is 18.3 Å². The second-order valence-corrected chi connectivity index (χ2v) is 12.5. The monoisotopic (exact) mass is 533 g/mol. The van der Waals surface area contributed by atoms with E-state index in [0.717, 1.165) is 59.6 Å². The molecule has 3 aliphatic carbocycles. The van der Waals surface area contributed by atoms with Crippen molar-refractivity contribution in [2.45, 2.75) is 55.3 Å². The van der Waals surface area contributed by atoms with Crippen LogP contribution in [0.25, 0.3) is 10.9 Å². The molecule has 202 valence electrons. The van der Waals surface area contributed by atoms with E-state index in [0.29, 0.717) is 23.4 Å². The van der Waals surface area contributed by atoms with E-state index < -0.39 is 17.1 Å². The first kappa shape index (κ1) is 22.9. The van der Waals surface area contributed by atoms with Crippen LogP contribution >= 0.6 is 0 Å². The van der Waals surface area contributed by atoms with E-state index in [9.17, 15) is 15.0 Å². The van der Waals surface area contributed by atoms with Gasteiger partial charge in [-0.1, -0.05) is 36.4 Å². The number of phenolic OH excluding ortho intramolecular Hbond substituents is 1. The zero-order valence-corrected chi connectivity index (χ0v) is 22.1. The maximum absolute atomic E-state index is 13.1. The molecule has 7 nitrogen and oxygen atoms in total. The summed E-state index contributed by atoms with van der Waals surface area (Å²) in [5, 5.41) is 28.0. The highest BCUT2D eigenvalue weighted by Gasteiger charge is 2.72. The molecule has 5 aliphatic rings. The molecule has 2 aliphatic heterocycles. The normalized spacial score (nSPS) is 29.5. The summed E-state index contributed by atoms with van der Waals surface area (Å²) in [4.78, 5) is 19.3. The molecule has 40 heavy (non-hydrogen) atoms. The Hall–Kier alpha value is -3.81. The van der Waals surface area contributed by atoms with Crippen molar-refractivity contribution in [3.63, 3.8) is 0 Å². The molecule has 3 aromatic carbocycles. The number of ether oxygens (including phenoxy) is 1. The zero-order chi connectivity index (χ0) is 26.8. The fraction of sp³-hybridized carbons (Fsp3) is 0.364. The number of phenols is 1. The average molecular weight is 534 g/mol. The average Bonchev–Trinajstić information content (AvgIpc) is 3.60. The van der Waals surface area contributed by atoms with Crippen molar-refractivity contribution < 1.29 is 19.7 Å². The molecule has 0 radical (unpaired) electrons. The van der Waals surface area contributed by atoms with E-state index in [-0.39, 0.29) is 17.7 Å². The van der Waals surface area contributed by atoms with Crippen LogP contribution in [0.1, 0.15) is 58.1 Å². The fourth-order valence-electron chi connectivity index (χ4n) is 8.53. The summed E-state index contributed by atoms with van der Waals surface area (Å²) in [6, 6.07) is 18.9. The number of benzene rings is 3. The maximum atomic E-state index is 13.1. The van der Waals surface area contributed by atoms with Gasteiger partial charge in [0.2, 0.25) is 0 Å². The summed E-state index contributed by atoms with van der Waals surface area (Å²) in [5.41, 5.74) is 4.63. The molecule has 4 atom stereocenters. The van der Waals surface area contributed by atoms with Crippen molar-refractivity contribution in [3.8, 4) is 11.5 Å². The molecule has 2 bridgehead atoms. The summed E-state index contributed by atoms with van der Waals surface area (Å²) in [5.74, 6) is 1.22. The molecule has 3 heterocycles. The van der Waals surface area contributed by atoms with Crippen molar-refractivity contribution in [3.05, 3.63) is 88.6 Å². The SMILES string of the molecule is O=C(Nc1cccc2c3c([nH]c12)[C@@H]1Oc2c(O)ccc4c2[C@@]12CCN(CC1CC1)[C@@H](C4)[C@]2(O)C3)c1ccccc1. The molecule has 1 amide bonds.